The minimum absolute atomic E-state index is 0.218. The first-order valence-corrected chi connectivity index (χ1v) is 11.4. The highest BCUT2D eigenvalue weighted by Crippen LogP contribution is 2.25. The SMILES string of the molecule is COc1ccccc1NC(=O)c1ccc(NC(=O)c2cnn(-c3ccccc3F)c2-n2cccc2)cc1. The lowest BCUT2D eigenvalue weighted by molar-refractivity contribution is 0.101. The van der Waals surface area contributed by atoms with Gasteiger partial charge < -0.3 is 19.9 Å². The van der Waals surface area contributed by atoms with Gasteiger partial charge in [-0.25, -0.2) is 9.07 Å². The van der Waals surface area contributed by atoms with E-state index in [0.717, 1.165) is 0 Å². The van der Waals surface area contributed by atoms with Crippen molar-refractivity contribution in [1.29, 1.82) is 0 Å². The van der Waals surface area contributed by atoms with Gasteiger partial charge in [0.2, 0.25) is 0 Å². The molecule has 0 saturated heterocycles. The van der Waals surface area contributed by atoms with Crippen LogP contribution >= 0.6 is 0 Å². The number of para-hydroxylation sites is 3. The fraction of sp³-hybridized carbons (Fsp3) is 0.0357. The average Bonchev–Trinajstić information content (AvgIpc) is 3.60. The van der Waals surface area contributed by atoms with Crippen molar-refractivity contribution in [1.82, 2.24) is 14.3 Å². The number of carbonyl (C=O) groups is 2. The molecule has 0 unspecified atom stereocenters. The number of hydrogen-bond acceptors (Lipinski definition) is 4. The van der Waals surface area contributed by atoms with Crippen molar-refractivity contribution in [2.75, 3.05) is 17.7 Å². The van der Waals surface area contributed by atoms with E-state index < -0.39 is 11.7 Å². The van der Waals surface area contributed by atoms with E-state index in [-0.39, 0.29) is 17.2 Å². The Balaban J connectivity index is 1.37. The number of nitrogens with zero attached hydrogens (tertiary/aromatic N) is 3. The molecular formula is C28H22FN5O3. The molecule has 2 N–H and O–H groups in total. The van der Waals surface area contributed by atoms with Crippen LogP contribution < -0.4 is 15.4 Å². The van der Waals surface area contributed by atoms with E-state index in [1.807, 2.05) is 6.07 Å². The van der Waals surface area contributed by atoms with Crippen LogP contribution in [0.5, 0.6) is 5.75 Å². The summed E-state index contributed by atoms with van der Waals surface area (Å²) in [6.45, 7) is 0. The third-order valence-electron chi connectivity index (χ3n) is 5.68. The molecule has 184 valence electrons. The minimum Gasteiger partial charge on any atom is -0.495 e. The van der Waals surface area contributed by atoms with Gasteiger partial charge in [0.1, 0.15) is 22.8 Å². The topological polar surface area (TPSA) is 90.2 Å². The smallest absolute Gasteiger partial charge is 0.261 e. The summed E-state index contributed by atoms with van der Waals surface area (Å²) in [6, 6.07) is 23.4. The van der Waals surface area contributed by atoms with E-state index in [1.54, 1.807) is 89.8 Å². The molecule has 2 aromatic heterocycles. The number of hydrogen-bond donors (Lipinski definition) is 2. The lowest BCUT2D eigenvalue weighted by Gasteiger charge is -2.12. The van der Waals surface area contributed by atoms with Crippen LogP contribution in [-0.2, 0) is 0 Å². The third-order valence-corrected chi connectivity index (χ3v) is 5.68. The maximum atomic E-state index is 14.5. The zero-order valence-electron chi connectivity index (χ0n) is 19.8. The summed E-state index contributed by atoms with van der Waals surface area (Å²) in [5.74, 6) is -0.275. The number of ether oxygens (including phenoxy) is 1. The van der Waals surface area contributed by atoms with Gasteiger partial charge in [-0.2, -0.15) is 5.10 Å². The number of benzene rings is 3. The van der Waals surface area contributed by atoms with Crippen molar-refractivity contribution in [3.8, 4) is 17.3 Å². The molecule has 5 aromatic rings. The normalized spacial score (nSPS) is 10.6. The highest BCUT2D eigenvalue weighted by molar-refractivity contribution is 6.07. The van der Waals surface area contributed by atoms with Gasteiger partial charge >= 0.3 is 0 Å². The first-order chi connectivity index (χ1) is 18.0. The van der Waals surface area contributed by atoms with Crippen LogP contribution in [0.1, 0.15) is 20.7 Å². The second-order valence-electron chi connectivity index (χ2n) is 8.02. The molecule has 0 spiro atoms. The number of anilines is 2. The molecule has 0 saturated carbocycles. The fourth-order valence-corrected chi connectivity index (χ4v) is 3.87. The number of rotatable bonds is 7. The van der Waals surface area contributed by atoms with Gasteiger partial charge in [-0.1, -0.05) is 24.3 Å². The Labute approximate surface area is 211 Å². The minimum atomic E-state index is -0.465. The van der Waals surface area contributed by atoms with E-state index in [9.17, 15) is 14.0 Å². The number of carbonyl (C=O) groups excluding carboxylic acids is 2. The van der Waals surface area contributed by atoms with Crippen LogP contribution in [0.4, 0.5) is 15.8 Å². The van der Waals surface area contributed by atoms with Gasteiger partial charge in [0.15, 0.2) is 5.82 Å². The standard InChI is InChI=1S/C28H22FN5O3/c1-37-25-11-5-3-9-23(25)32-26(35)19-12-14-20(15-13-19)31-27(36)21-18-30-34(24-10-4-2-8-22(24)29)28(21)33-16-6-7-17-33/h2-18H,1H3,(H,31,36)(H,32,35). The summed E-state index contributed by atoms with van der Waals surface area (Å²) in [5.41, 5.74) is 1.91. The molecule has 0 fully saturated rings. The molecule has 37 heavy (non-hydrogen) atoms. The molecule has 2 heterocycles. The molecule has 3 aromatic carbocycles. The van der Waals surface area contributed by atoms with E-state index in [0.29, 0.717) is 28.5 Å². The quantitative estimate of drug-likeness (QED) is 0.320. The Morgan fingerprint density at radius 2 is 1.54 bits per heavy atom. The number of nitrogens with one attached hydrogen (secondary N) is 2. The maximum Gasteiger partial charge on any atom is 0.261 e. The molecule has 8 nitrogen and oxygen atoms in total. The molecule has 0 aliphatic heterocycles. The highest BCUT2D eigenvalue weighted by atomic mass is 19.1. The summed E-state index contributed by atoms with van der Waals surface area (Å²) in [4.78, 5) is 25.9. The molecule has 9 heteroatoms. The van der Waals surface area contributed by atoms with Crippen LogP contribution in [0, 0.1) is 5.82 Å². The highest BCUT2D eigenvalue weighted by Gasteiger charge is 2.21. The van der Waals surface area contributed by atoms with Gasteiger partial charge in [-0.15, -0.1) is 0 Å². The van der Waals surface area contributed by atoms with Crippen molar-refractivity contribution in [2.45, 2.75) is 0 Å². The number of methoxy groups -OCH3 is 1. The molecule has 0 atom stereocenters. The Morgan fingerprint density at radius 1 is 0.838 bits per heavy atom. The summed E-state index contributed by atoms with van der Waals surface area (Å²) >= 11 is 0. The van der Waals surface area contributed by atoms with Crippen LogP contribution in [0.3, 0.4) is 0 Å². The van der Waals surface area contributed by atoms with E-state index in [1.165, 1.54) is 24.1 Å². The summed E-state index contributed by atoms with van der Waals surface area (Å²) in [7, 11) is 1.53. The molecule has 0 aliphatic carbocycles. The molecular weight excluding hydrogens is 473 g/mol. The van der Waals surface area contributed by atoms with Crippen LogP contribution in [0.15, 0.2) is 104 Å². The summed E-state index contributed by atoms with van der Waals surface area (Å²) < 4.78 is 22.9. The van der Waals surface area contributed by atoms with Gasteiger partial charge in [0, 0.05) is 23.6 Å². The Kier molecular flexibility index (Phi) is 6.50. The molecule has 0 radical (unpaired) electrons. The van der Waals surface area contributed by atoms with Crippen LogP contribution in [0.25, 0.3) is 11.5 Å². The zero-order chi connectivity index (χ0) is 25.8. The van der Waals surface area contributed by atoms with Gasteiger partial charge in [0.25, 0.3) is 11.8 Å². The van der Waals surface area contributed by atoms with E-state index in [4.69, 9.17) is 4.74 Å². The predicted octanol–water partition coefficient (Wildman–Crippen LogP) is 5.32. The lowest BCUT2D eigenvalue weighted by atomic mass is 10.1. The molecule has 0 aliphatic rings. The largest absolute Gasteiger partial charge is 0.495 e. The van der Waals surface area contributed by atoms with Crippen molar-refractivity contribution >= 4 is 23.2 Å². The van der Waals surface area contributed by atoms with Crippen LogP contribution in [0.2, 0.25) is 0 Å². The average molecular weight is 496 g/mol. The molecule has 5 rings (SSSR count). The van der Waals surface area contributed by atoms with Crippen molar-refractivity contribution < 1.29 is 18.7 Å². The monoisotopic (exact) mass is 495 g/mol. The first kappa shape index (κ1) is 23.6. The first-order valence-electron chi connectivity index (χ1n) is 11.4. The van der Waals surface area contributed by atoms with Gasteiger partial charge in [0.05, 0.1) is 19.0 Å². The fourth-order valence-electron chi connectivity index (χ4n) is 3.87. The summed E-state index contributed by atoms with van der Waals surface area (Å²) in [6.07, 6.45) is 4.90. The predicted molar refractivity (Wildman–Crippen MR) is 138 cm³/mol. The van der Waals surface area contributed by atoms with E-state index >= 15 is 0 Å². The maximum absolute atomic E-state index is 14.5. The Hall–Kier alpha value is -5.18. The number of aromatic nitrogens is 3. The lowest BCUT2D eigenvalue weighted by Crippen LogP contribution is -2.16. The van der Waals surface area contributed by atoms with Crippen molar-refractivity contribution in [2.24, 2.45) is 0 Å². The molecule has 2 amide bonds. The van der Waals surface area contributed by atoms with Gasteiger partial charge in [-0.05, 0) is 60.7 Å². The number of amides is 2. The van der Waals surface area contributed by atoms with Crippen LogP contribution in [-0.4, -0.2) is 33.3 Å². The summed E-state index contributed by atoms with van der Waals surface area (Å²) in [5, 5.41) is 9.93. The van der Waals surface area contributed by atoms with Crippen molar-refractivity contribution in [3.05, 3.63) is 120 Å². The van der Waals surface area contributed by atoms with Crippen molar-refractivity contribution in [3.63, 3.8) is 0 Å². The molecule has 0 bridgehead atoms. The second kappa shape index (κ2) is 10.2. The Bertz CT molecular complexity index is 1560. The van der Waals surface area contributed by atoms with Gasteiger partial charge in [-0.3, -0.25) is 9.59 Å². The third kappa shape index (κ3) is 4.83. The zero-order valence-corrected chi connectivity index (χ0v) is 19.8. The number of halogens is 1. The Morgan fingerprint density at radius 3 is 2.27 bits per heavy atom. The second-order valence-corrected chi connectivity index (χ2v) is 8.02. The van der Waals surface area contributed by atoms with E-state index in [2.05, 4.69) is 15.7 Å².